The Kier molecular flexibility index (Phi) is 3.92. The van der Waals surface area contributed by atoms with Crippen LogP contribution in [0.4, 0.5) is 0 Å². The molecule has 0 aliphatic carbocycles. The van der Waals surface area contributed by atoms with E-state index < -0.39 is 0 Å². The van der Waals surface area contributed by atoms with Crippen LogP contribution in [-0.4, -0.2) is 20.9 Å². The summed E-state index contributed by atoms with van der Waals surface area (Å²) in [5.41, 5.74) is 0.697. The van der Waals surface area contributed by atoms with E-state index in [-0.39, 0.29) is 5.91 Å². The summed E-state index contributed by atoms with van der Waals surface area (Å²) in [7, 11) is 0. The van der Waals surface area contributed by atoms with Crippen LogP contribution < -0.4 is 5.32 Å². The summed E-state index contributed by atoms with van der Waals surface area (Å²) in [5, 5.41) is 13.7. The molecule has 1 N–H and O–H groups in total. The van der Waals surface area contributed by atoms with E-state index in [4.69, 9.17) is 4.42 Å². The van der Waals surface area contributed by atoms with Gasteiger partial charge in [-0.2, -0.15) is 0 Å². The molecule has 3 aromatic rings. The number of hydrogen-bond acceptors (Lipinski definition) is 5. The number of nitrogens with zero attached hydrogens (tertiary/aromatic N) is 3. The van der Waals surface area contributed by atoms with Crippen molar-refractivity contribution < 1.29 is 9.21 Å². The Morgan fingerprint density at radius 3 is 3.14 bits per heavy atom. The van der Waals surface area contributed by atoms with E-state index in [1.807, 2.05) is 17.5 Å². The van der Waals surface area contributed by atoms with Crippen molar-refractivity contribution in [1.29, 1.82) is 0 Å². The summed E-state index contributed by atoms with van der Waals surface area (Å²) in [6.45, 7) is 0.326. The predicted molar refractivity (Wildman–Crippen MR) is 78.8 cm³/mol. The molecule has 0 fully saturated rings. The lowest BCUT2D eigenvalue weighted by atomic mass is 10.4. The zero-order valence-electron chi connectivity index (χ0n) is 11.0. The number of aromatic nitrogens is 3. The minimum Gasteiger partial charge on any atom is -0.465 e. The molecule has 6 nitrogen and oxygen atoms in total. The third-order valence-corrected chi connectivity index (χ3v) is 3.52. The van der Waals surface area contributed by atoms with Gasteiger partial charge < -0.3 is 9.73 Å². The van der Waals surface area contributed by atoms with E-state index >= 15 is 0 Å². The fraction of sp³-hybridized carbons (Fsp3) is 0.0714. The Hall–Kier alpha value is -2.67. The van der Waals surface area contributed by atoms with Crippen molar-refractivity contribution in [2.24, 2.45) is 0 Å². The van der Waals surface area contributed by atoms with Gasteiger partial charge in [0.2, 0.25) is 5.91 Å². The van der Waals surface area contributed by atoms with E-state index in [0.29, 0.717) is 18.0 Å². The van der Waals surface area contributed by atoms with Crippen molar-refractivity contribution in [1.82, 2.24) is 20.3 Å². The molecule has 0 aliphatic rings. The fourth-order valence-corrected chi connectivity index (χ4v) is 2.32. The Balaban J connectivity index is 1.54. The Morgan fingerprint density at radius 1 is 1.43 bits per heavy atom. The zero-order valence-corrected chi connectivity index (χ0v) is 11.8. The highest BCUT2D eigenvalue weighted by atomic mass is 32.1. The second kappa shape index (κ2) is 6.19. The van der Waals surface area contributed by atoms with Crippen molar-refractivity contribution in [3.05, 3.63) is 59.6 Å². The third kappa shape index (κ3) is 3.46. The number of nitrogens with one attached hydrogen (secondary N) is 1. The third-order valence-electron chi connectivity index (χ3n) is 2.66. The van der Waals surface area contributed by atoms with Crippen LogP contribution >= 0.6 is 11.3 Å². The van der Waals surface area contributed by atoms with Crippen LogP contribution in [0.2, 0.25) is 0 Å². The van der Waals surface area contributed by atoms with Crippen molar-refractivity contribution >= 4 is 23.3 Å². The molecule has 106 valence electrons. The summed E-state index contributed by atoms with van der Waals surface area (Å²) >= 11 is 1.57. The number of thiophene rings is 1. The Morgan fingerprint density at radius 2 is 2.38 bits per heavy atom. The molecule has 0 aliphatic heterocycles. The highest BCUT2D eigenvalue weighted by Gasteiger charge is 2.04. The van der Waals surface area contributed by atoms with Gasteiger partial charge in [0.25, 0.3) is 0 Å². The second-order valence-electron chi connectivity index (χ2n) is 4.17. The van der Waals surface area contributed by atoms with Gasteiger partial charge in [0.05, 0.1) is 19.0 Å². The molecule has 0 bridgehead atoms. The maximum atomic E-state index is 11.7. The number of rotatable bonds is 5. The van der Waals surface area contributed by atoms with Gasteiger partial charge in [-0.3, -0.25) is 4.79 Å². The van der Waals surface area contributed by atoms with Crippen molar-refractivity contribution in [3.63, 3.8) is 0 Å². The summed E-state index contributed by atoms with van der Waals surface area (Å²) < 4.78 is 6.79. The number of furan rings is 1. The summed E-state index contributed by atoms with van der Waals surface area (Å²) in [4.78, 5) is 11.7. The van der Waals surface area contributed by atoms with Crippen LogP contribution in [-0.2, 0) is 11.3 Å². The number of carbonyl (C=O) groups is 1. The number of hydrogen-bond donors (Lipinski definition) is 1. The first kappa shape index (κ1) is 13.3. The van der Waals surface area contributed by atoms with Crippen LogP contribution in [0.3, 0.4) is 0 Å². The molecule has 7 heteroatoms. The molecule has 0 aromatic carbocycles. The zero-order chi connectivity index (χ0) is 14.5. The average molecular weight is 300 g/mol. The molecule has 3 rings (SSSR count). The highest BCUT2D eigenvalue weighted by molar-refractivity contribution is 7.12. The van der Waals surface area contributed by atoms with Gasteiger partial charge in [0.15, 0.2) is 0 Å². The summed E-state index contributed by atoms with van der Waals surface area (Å²) in [6, 6.07) is 7.44. The fourth-order valence-electron chi connectivity index (χ4n) is 1.67. The minimum atomic E-state index is -0.211. The summed E-state index contributed by atoms with van der Waals surface area (Å²) in [5.74, 6) is 0.422. The van der Waals surface area contributed by atoms with Gasteiger partial charge in [-0.25, -0.2) is 4.68 Å². The van der Waals surface area contributed by atoms with Crippen LogP contribution in [0.5, 0.6) is 0 Å². The highest BCUT2D eigenvalue weighted by Crippen LogP contribution is 2.13. The Labute approximate surface area is 124 Å². The van der Waals surface area contributed by atoms with E-state index in [1.165, 1.54) is 6.08 Å². The second-order valence-corrected chi connectivity index (χ2v) is 5.10. The topological polar surface area (TPSA) is 73.0 Å². The predicted octanol–water partition coefficient (Wildman–Crippen LogP) is 2.25. The molecule has 0 atom stereocenters. The lowest BCUT2D eigenvalue weighted by Crippen LogP contribution is -2.20. The SMILES string of the molecule is O=C(C=Cc1ccco1)NCc1cn(-c2cccs2)nn1. The quantitative estimate of drug-likeness (QED) is 0.733. The molecule has 0 unspecified atom stereocenters. The molecule has 0 saturated heterocycles. The van der Waals surface area contributed by atoms with Crippen molar-refractivity contribution in [3.8, 4) is 5.00 Å². The molecule has 3 heterocycles. The maximum absolute atomic E-state index is 11.7. The lowest BCUT2D eigenvalue weighted by molar-refractivity contribution is -0.116. The number of amides is 1. The normalized spacial score (nSPS) is 11.0. The van der Waals surface area contributed by atoms with Crippen molar-refractivity contribution in [2.75, 3.05) is 0 Å². The van der Waals surface area contributed by atoms with E-state index in [2.05, 4.69) is 15.6 Å². The minimum absolute atomic E-state index is 0.211. The summed E-state index contributed by atoms with van der Waals surface area (Å²) in [6.07, 6.45) is 6.38. The smallest absolute Gasteiger partial charge is 0.244 e. The van der Waals surface area contributed by atoms with Crippen LogP contribution in [0.15, 0.2) is 52.6 Å². The first-order valence-electron chi connectivity index (χ1n) is 6.26. The van der Waals surface area contributed by atoms with Gasteiger partial charge in [-0.1, -0.05) is 5.21 Å². The van der Waals surface area contributed by atoms with Crippen LogP contribution in [0.25, 0.3) is 11.1 Å². The average Bonchev–Trinajstić information content (AvgIpc) is 3.24. The molecule has 0 saturated carbocycles. The van der Waals surface area contributed by atoms with E-state index in [0.717, 1.165) is 5.00 Å². The molecular formula is C14H12N4O2S. The molecular weight excluding hydrogens is 288 g/mol. The first-order valence-corrected chi connectivity index (χ1v) is 7.14. The van der Waals surface area contributed by atoms with Gasteiger partial charge in [0, 0.05) is 6.08 Å². The standard InChI is InChI=1S/C14H12N4O2S/c19-13(6-5-12-3-1-7-20-12)15-9-11-10-18(17-16-11)14-4-2-8-21-14/h1-8,10H,9H2,(H,15,19). The van der Waals surface area contributed by atoms with Gasteiger partial charge in [-0.15, -0.1) is 16.4 Å². The van der Waals surface area contributed by atoms with Gasteiger partial charge >= 0.3 is 0 Å². The molecule has 3 aromatic heterocycles. The van der Waals surface area contributed by atoms with Crippen molar-refractivity contribution in [2.45, 2.75) is 6.54 Å². The Bertz CT molecular complexity index is 729. The monoisotopic (exact) mass is 300 g/mol. The molecule has 21 heavy (non-hydrogen) atoms. The molecule has 0 radical (unpaired) electrons. The van der Waals surface area contributed by atoms with Gasteiger partial charge in [-0.05, 0) is 35.7 Å². The molecule has 0 spiro atoms. The largest absolute Gasteiger partial charge is 0.465 e. The number of carbonyl (C=O) groups excluding carboxylic acids is 1. The maximum Gasteiger partial charge on any atom is 0.244 e. The van der Waals surface area contributed by atoms with Crippen LogP contribution in [0.1, 0.15) is 11.5 Å². The lowest BCUT2D eigenvalue weighted by Gasteiger charge is -1.97. The van der Waals surface area contributed by atoms with E-state index in [1.54, 1.807) is 46.7 Å². The van der Waals surface area contributed by atoms with E-state index in [9.17, 15) is 4.79 Å². The molecule has 1 amide bonds. The van der Waals surface area contributed by atoms with Crippen LogP contribution in [0, 0.1) is 0 Å². The first-order chi connectivity index (χ1) is 10.3. The van der Waals surface area contributed by atoms with Gasteiger partial charge in [0.1, 0.15) is 16.5 Å².